The van der Waals surface area contributed by atoms with Crippen LogP contribution in [0.1, 0.15) is 9.67 Å². The zero-order chi connectivity index (χ0) is 17.4. The van der Waals surface area contributed by atoms with E-state index in [0.717, 1.165) is 10.2 Å². The van der Waals surface area contributed by atoms with E-state index in [1.54, 1.807) is 11.9 Å². The van der Waals surface area contributed by atoms with E-state index >= 15 is 0 Å². The van der Waals surface area contributed by atoms with Crippen molar-refractivity contribution in [3.8, 4) is 11.4 Å². The molecule has 0 radical (unpaired) electrons. The molecule has 4 heterocycles. The minimum atomic E-state index is -0.138. The van der Waals surface area contributed by atoms with Crippen LogP contribution in [0.25, 0.3) is 21.6 Å². The standard InChI is InChI=1S/C17H16N4O3S/c1-20-10-18-13(9-15(20)22)12-3-2-11-8-14(25-16(11)19-12)17(23)21-4-6-24-7-5-21/h2-3,8-10H,4-7H2,1H3. The number of hydrogen-bond acceptors (Lipinski definition) is 6. The minimum absolute atomic E-state index is 0.0135. The molecule has 0 bridgehead atoms. The number of pyridine rings is 1. The highest BCUT2D eigenvalue weighted by atomic mass is 32.1. The van der Waals surface area contributed by atoms with E-state index in [4.69, 9.17) is 4.74 Å². The molecule has 1 aliphatic rings. The average molecular weight is 356 g/mol. The van der Waals surface area contributed by atoms with E-state index in [0.29, 0.717) is 42.6 Å². The number of aryl methyl sites for hydroxylation is 1. The first-order valence-corrected chi connectivity index (χ1v) is 8.74. The molecule has 128 valence electrons. The Bertz CT molecular complexity index is 1000. The lowest BCUT2D eigenvalue weighted by Crippen LogP contribution is -2.40. The third kappa shape index (κ3) is 3.06. The summed E-state index contributed by atoms with van der Waals surface area (Å²) in [5, 5.41) is 0.911. The van der Waals surface area contributed by atoms with Crippen LogP contribution in [0.3, 0.4) is 0 Å². The second kappa shape index (κ2) is 6.38. The number of nitrogens with zero attached hydrogens (tertiary/aromatic N) is 4. The van der Waals surface area contributed by atoms with Crippen LogP contribution in [0.2, 0.25) is 0 Å². The Morgan fingerprint density at radius 1 is 1.20 bits per heavy atom. The molecule has 1 amide bonds. The van der Waals surface area contributed by atoms with Gasteiger partial charge in [-0.1, -0.05) is 0 Å². The van der Waals surface area contributed by atoms with Crippen LogP contribution < -0.4 is 5.56 Å². The molecular formula is C17H16N4O3S. The second-order valence-electron chi connectivity index (χ2n) is 5.83. The number of thiophene rings is 1. The molecule has 3 aromatic rings. The summed E-state index contributed by atoms with van der Waals surface area (Å²) >= 11 is 1.36. The number of aromatic nitrogens is 3. The molecule has 1 aliphatic heterocycles. The van der Waals surface area contributed by atoms with Crippen molar-refractivity contribution in [2.45, 2.75) is 0 Å². The van der Waals surface area contributed by atoms with Gasteiger partial charge in [-0.3, -0.25) is 9.59 Å². The minimum Gasteiger partial charge on any atom is -0.378 e. The number of carbonyl (C=O) groups excluding carboxylic acids is 1. The molecule has 0 saturated carbocycles. The zero-order valence-electron chi connectivity index (χ0n) is 13.6. The van der Waals surface area contributed by atoms with Crippen LogP contribution in [-0.2, 0) is 11.8 Å². The third-order valence-electron chi connectivity index (χ3n) is 4.13. The predicted molar refractivity (Wildman–Crippen MR) is 94.8 cm³/mol. The summed E-state index contributed by atoms with van der Waals surface area (Å²) in [5.74, 6) is 0.0135. The van der Waals surface area contributed by atoms with E-state index in [-0.39, 0.29) is 11.5 Å². The van der Waals surface area contributed by atoms with Gasteiger partial charge in [0.25, 0.3) is 11.5 Å². The topological polar surface area (TPSA) is 77.3 Å². The summed E-state index contributed by atoms with van der Waals surface area (Å²) < 4.78 is 6.70. The van der Waals surface area contributed by atoms with Crippen LogP contribution in [-0.4, -0.2) is 51.6 Å². The maximum absolute atomic E-state index is 12.6. The van der Waals surface area contributed by atoms with Gasteiger partial charge in [-0.15, -0.1) is 11.3 Å². The summed E-state index contributed by atoms with van der Waals surface area (Å²) in [6, 6.07) is 7.05. The number of ether oxygens (including phenoxy) is 1. The lowest BCUT2D eigenvalue weighted by Gasteiger charge is -2.26. The summed E-state index contributed by atoms with van der Waals surface area (Å²) in [5.41, 5.74) is 1.01. The monoisotopic (exact) mass is 356 g/mol. The van der Waals surface area contributed by atoms with Crippen molar-refractivity contribution in [2.24, 2.45) is 7.05 Å². The normalized spacial score (nSPS) is 14.8. The molecule has 1 fully saturated rings. The summed E-state index contributed by atoms with van der Waals surface area (Å²) in [6.07, 6.45) is 1.48. The van der Waals surface area contributed by atoms with Gasteiger partial charge in [0.05, 0.1) is 35.8 Å². The van der Waals surface area contributed by atoms with Gasteiger partial charge in [-0.2, -0.15) is 0 Å². The predicted octanol–water partition coefficient (Wildman–Crippen LogP) is 1.53. The quantitative estimate of drug-likeness (QED) is 0.696. The molecular weight excluding hydrogens is 340 g/mol. The first-order valence-electron chi connectivity index (χ1n) is 7.92. The van der Waals surface area contributed by atoms with E-state index < -0.39 is 0 Å². The fourth-order valence-electron chi connectivity index (χ4n) is 2.69. The van der Waals surface area contributed by atoms with E-state index in [1.165, 1.54) is 28.3 Å². The summed E-state index contributed by atoms with van der Waals surface area (Å²) in [7, 11) is 1.65. The smallest absolute Gasteiger partial charge is 0.264 e. The molecule has 3 aromatic heterocycles. The SMILES string of the molecule is Cn1cnc(-c2ccc3cc(C(=O)N4CCOCC4)sc3n2)cc1=O. The fourth-order valence-corrected chi connectivity index (χ4v) is 3.69. The highest BCUT2D eigenvalue weighted by Gasteiger charge is 2.21. The number of morpholine rings is 1. The Kier molecular flexibility index (Phi) is 4.06. The van der Waals surface area contributed by atoms with Gasteiger partial charge >= 0.3 is 0 Å². The van der Waals surface area contributed by atoms with Gasteiger partial charge in [-0.05, 0) is 18.2 Å². The van der Waals surface area contributed by atoms with Crippen LogP contribution >= 0.6 is 11.3 Å². The molecule has 4 rings (SSSR count). The molecule has 0 aromatic carbocycles. The third-order valence-corrected chi connectivity index (χ3v) is 5.17. The van der Waals surface area contributed by atoms with Gasteiger partial charge in [0, 0.05) is 31.6 Å². The molecule has 7 nitrogen and oxygen atoms in total. The van der Waals surface area contributed by atoms with Crippen molar-refractivity contribution in [1.82, 2.24) is 19.4 Å². The molecule has 0 aliphatic carbocycles. The second-order valence-corrected chi connectivity index (χ2v) is 6.86. The summed E-state index contributed by atoms with van der Waals surface area (Å²) in [6.45, 7) is 2.38. The van der Waals surface area contributed by atoms with Gasteiger partial charge in [0.15, 0.2) is 0 Å². The van der Waals surface area contributed by atoms with E-state index in [1.807, 2.05) is 18.2 Å². The van der Waals surface area contributed by atoms with E-state index in [2.05, 4.69) is 9.97 Å². The van der Waals surface area contributed by atoms with Gasteiger partial charge in [0.1, 0.15) is 4.83 Å². The van der Waals surface area contributed by atoms with Gasteiger partial charge in [-0.25, -0.2) is 9.97 Å². The lowest BCUT2D eigenvalue weighted by molar-refractivity contribution is 0.0306. The molecule has 0 spiro atoms. The Labute approximate surface area is 147 Å². The molecule has 25 heavy (non-hydrogen) atoms. The largest absolute Gasteiger partial charge is 0.378 e. The Morgan fingerprint density at radius 2 is 2.00 bits per heavy atom. The van der Waals surface area contributed by atoms with Gasteiger partial charge < -0.3 is 14.2 Å². The summed E-state index contributed by atoms with van der Waals surface area (Å²) in [4.78, 5) is 36.4. The van der Waals surface area contributed by atoms with Crippen molar-refractivity contribution < 1.29 is 9.53 Å². The highest BCUT2D eigenvalue weighted by molar-refractivity contribution is 7.20. The van der Waals surface area contributed by atoms with Gasteiger partial charge in [0.2, 0.25) is 0 Å². The molecule has 0 N–H and O–H groups in total. The molecule has 0 atom stereocenters. The number of rotatable bonds is 2. The molecule has 1 saturated heterocycles. The van der Waals surface area contributed by atoms with Crippen molar-refractivity contribution in [3.05, 3.63) is 45.8 Å². The van der Waals surface area contributed by atoms with Crippen LogP contribution in [0.15, 0.2) is 35.4 Å². The first-order chi connectivity index (χ1) is 12.1. The Hall–Kier alpha value is -2.58. The number of amides is 1. The van der Waals surface area contributed by atoms with Crippen LogP contribution in [0.4, 0.5) is 0 Å². The highest BCUT2D eigenvalue weighted by Crippen LogP contribution is 2.27. The van der Waals surface area contributed by atoms with Crippen molar-refractivity contribution in [3.63, 3.8) is 0 Å². The Balaban J connectivity index is 1.68. The van der Waals surface area contributed by atoms with Crippen LogP contribution in [0.5, 0.6) is 0 Å². The first kappa shape index (κ1) is 15.9. The maximum atomic E-state index is 12.6. The van der Waals surface area contributed by atoms with Crippen molar-refractivity contribution in [1.29, 1.82) is 0 Å². The number of carbonyl (C=O) groups is 1. The molecule has 0 unspecified atom stereocenters. The Morgan fingerprint density at radius 3 is 2.76 bits per heavy atom. The number of fused-ring (bicyclic) bond motifs is 1. The van der Waals surface area contributed by atoms with Crippen LogP contribution in [0, 0.1) is 0 Å². The number of hydrogen-bond donors (Lipinski definition) is 0. The van der Waals surface area contributed by atoms with E-state index in [9.17, 15) is 9.59 Å². The fraction of sp³-hybridized carbons (Fsp3) is 0.294. The molecule has 8 heteroatoms. The maximum Gasteiger partial charge on any atom is 0.264 e. The average Bonchev–Trinajstić information content (AvgIpc) is 3.07. The lowest BCUT2D eigenvalue weighted by atomic mass is 10.2. The van der Waals surface area contributed by atoms with Crippen molar-refractivity contribution in [2.75, 3.05) is 26.3 Å². The zero-order valence-corrected chi connectivity index (χ0v) is 14.5. The van der Waals surface area contributed by atoms with Crippen molar-refractivity contribution >= 4 is 27.5 Å².